The fourth-order valence-corrected chi connectivity index (χ4v) is 5.02. The number of hydrogen-bond acceptors (Lipinski definition) is 8. The lowest BCUT2D eigenvalue weighted by Gasteiger charge is -2.32. The molecule has 6 rings (SSSR count). The summed E-state index contributed by atoms with van der Waals surface area (Å²) in [7, 11) is 2.83. The molecule has 3 aliphatic rings. The highest BCUT2D eigenvalue weighted by molar-refractivity contribution is 5.89. The van der Waals surface area contributed by atoms with E-state index in [-0.39, 0.29) is 17.4 Å². The van der Waals surface area contributed by atoms with Crippen molar-refractivity contribution in [2.75, 3.05) is 14.2 Å². The maximum absolute atomic E-state index is 13.8. The molecule has 0 bridgehead atoms. The summed E-state index contributed by atoms with van der Waals surface area (Å²) < 4.78 is 52.5. The predicted octanol–water partition coefficient (Wildman–Crippen LogP) is 4.61. The number of pyridine rings is 1. The first-order valence-corrected chi connectivity index (χ1v) is 12.3. The minimum atomic E-state index is -3.72. The number of aromatic nitrogens is 1. The summed E-state index contributed by atoms with van der Waals surface area (Å²) in [6.45, 7) is 0. The van der Waals surface area contributed by atoms with E-state index < -0.39 is 29.8 Å². The Kier molecular flexibility index (Phi) is 5.81. The average Bonchev–Trinajstić information content (AvgIpc) is 3.65. The molecule has 2 atom stereocenters. The number of ether oxygens (including phenoxy) is 5. The number of halogens is 2. The molecule has 0 radical (unpaired) electrons. The summed E-state index contributed by atoms with van der Waals surface area (Å²) in [4.78, 5) is 30.0. The van der Waals surface area contributed by atoms with Gasteiger partial charge in [-0.3, -0.25) is 9.78 Å². The average molecular weight is 539 g/mol. The van der Waals surface area contributed by atoms with Gasteiger partial charge in [-0.2, -0.15) is 0 Å². The zero-order valence-electron chi connectivity index (χ0n) is 21.0. The van der Waals surface area contributed by atoms with Crippen molar-refractivity contribution < 1.29 is 42.1 Å². The smallest absolute Gasteiger partial charge is 0.497 e. The quantitative estimate of drug-likeness (QED) is 0.454. The van der Waals surface area contributed by atoms with Gasteiger partial charge in [-0.05, 0) is 48.7 Å². The molecule has 0 spiro atoms. The van der Waals surface area contributed by atoms with E-state index in [1.807, 2.05) is 0 Å². The molecule has 3 heterocycles. The Balaban J connectivity index is 1.27. The van der Waals surface area contributed by atoms with Crippen molar-refractivity contribution in [3.63, 3.8) is 0 Å². The van der Waals surface area contributed by atoms with Crippen LogP contribution in [0.4, 0.5) is 8.78 Å². The van der Waals surface area contributed by atoms with Crippen molar-refractivity contribution in [3.8, 4) is 23.0 Å². The van der Waals surface area contributed by atoms with Crippen molar-refractivity contribution in [2.45, 2.75) is 43.1 Å². The number of rotatable bonds is 6. The van der Waals surface area contributed by atoms with E-state index in [0.29, 0.717) is 53.1 Å². The highest BCUT2D eigenvalue weighted by Gasteiger charge is 2.50. The van der Waals surface area contributed by atoms with Crippen LogP contribution in [-0.2, 0) is 15.1 Å². The molecule has 1 aliphatic carbocycles. The Morgan fingerprint density at radius 1 is 1.00 bits per heavy atom. The summed E-state index contributed by atoms with van der Waals surface area (Å²) >= 11 is 0. The first-order chi connectivity index (χ1) is 18.7. The number of methoxy groups -OCH3 is 2. The van der Waals surface area contributed by atoms with Crippen LogP contribution in [0, 0.1) is 0 Å². The number of amides is 1. The maximum atomic E-state index is 13.8. The fourth-order valence-electron chi connectivity index (χ4n) is 5.02. The monoisotopic (exact) mass is 538 g/mol. The molecular weight excluding hydrogens is 514 g/mol. The molecule has 2 aromatic carbocycles. The number of alkyl halides is 2. The standard InChI is InChI=1S/C28H24F2N2O7/c1-35-17-5-6-18-19(13-23(37-22(18)12-17)20-7-3-15(14-31-20)26(34)36-2)25(33)32-27(9-10-27)16-4-8-21-24(11-16)39-28(29,30)38-21/h3-8,11-12,14,19,23H,9-10,13H2,1-2H3,(H,32,33)/t19-,23-/m1/s1. The van der Waals surface area contributed by atoms with E-state index in [1.165, 1.54) is 32.5 Å². The molecule has 3 aromatic rings. The minimum Gasteiger partial charge on any atom is -0.497 e. The highest BCUT2D eigenvalue weighted by Crippen LogP contribution is 2.51. The topological polar surface area (TPSA) is 105 Å². The summed E-state index contributed by atoms with van der Waals surface area (Å²) in [5, 5.41) is 3.15. The Labute approximate surface area is 222 Å². The van der Waals surface area contributed by atoms with Gasteiger partial charge in [0.25, 0.3) is 0 Å². The van der Waals surface area contributed by atoms with Gasteiger partial charge in [-0.25, -0.2) is 4.79 Å². The first-order valence-electron chi connectivity index (χ1n) is 12.3. The van der Waals surface area contributed by atoms with Gasteiger partial charge in [-0.15, -0.1) is 8.78 Å². The molecule has 0 saturated heterocycles. The van der Waals surface area contributed by atoms with E-state index in [9.17, 15) is 18.4 Å². The molecule has 39 heavy (non-hydrogen) atoms. The van der Waals surface area contributed by atoms with Crippen LogP contribution in [0.2, 0.25) is 0 Å². The summed E-state index contributed by atoms with van der Waals surface area (Å²) in [6, 6.07) is 13.1. The van der Waals surface area contributed by atoms with Crippen LogP contribution in [-0.4, -0.2) is 37.4 Å². The highest BCUT2D eigenvalue weighted by atomic mass is 19.3. The number of esters is 1. The zero-order chi connectivity index (χ0) is 27.4. The van der Waals surface area contributed by atoms with E-state index >= 15 is 0 Å². The first kappa shape index (κ1) is 24.9. The van der Waals surface area contributed by atoms with E-state index in [1.54, 1.807) is 36.4 Å². The molecule has 9 nitrogen and oxygen atoms in total. The zero-order valence-corrected chi connectivity index (χ0v) is 21.0. The largest absolute Gasteiger partial charge is 0.586 e. The third kappa shape index (κ3) is 4.58. The number of carbonyl (C=O) groups excluding carboxylic acids is 2. The van der Waals surface area contributed by atoms with E-state index in [2.05, 4.69) is 19.8 Å². The summed E-state index contributed by atoms with van der Waals surface area (Å²) in [6.07, 6.45) is -1.30. The van der Waals surface area contributed by atoms with Crippen LogP contribution in [0.1, 0.15) is 58.5 Å². The fraction of sp³-hybridized carbons (Fsp3) is 0.321. The van der Waals surface area contributed by atoms with Crippen LogP contribution in [0.3, 0.4) is 0 Å². The summed E-state index contributed by atoms with van der Waals surface area (Å²) in [5.74, 6) is -0.398. The normalized spacial score (nSPS) is 21.2. The lowest BCUT2D eigenvalue weighted by atomic mass is 9.87. The van der Waals surface area contributed by atoms with Crippen LogP contribution in [0.5, 0.6) is 23.0 Å². The predicted molar refractivity (Wildman–Crippen MR) is 131 cm³/mol. The van der Waals surface area contributed by atoms with Gasteiger partial charge in [-0.1, -0.05) is 12.1 Å². The number of carbonyl (C=O) groups is 2. The maximum Gasteiger partial charge on any atom is 0.586 e. The lowest BCUT2D eigenvalue weighted by Crippen LogP contribution is -2.40. The molecule has 11 heteroatoms. The van der Waals surface area contributed by atoms with E-state index in [4.69, 9.17) is 14.2 Å². The number of nitrogens with zero attached hydrogens (tertiary/aromatic N) is 1. The minimum absolute atomic E-state index is 0.0493. The number of fused-ring (bicyclic) bond motifs is 2. The van der Waals surface area contributed by atoms with Crippen LogP contribution in [0.15, 0.2) is 54.7 Å². The van der Waals surface area contributed by atoms with Crippen LogP contribution in [0.25, 0.3) is 0 Å². The Morgan fingerprint density at radius 2 is 1.79 bits per heavy atom. The Morgan fingerprint density at radius 3 is 2.49 bits per heavy atom. The van der Waals surface area contributed by atoms with Crippen molar-refractivity contribution in [1.29, 1.82) is 0 Å². The number of hydrogen-bond donors (Lipinski definition) is 1. The molecule has 1 N–H and O–H groups in total. The molecule has 2 aliphatic heterocycles. The van der Waals surface area contributed by atoms with Gasteiger partial charge in [0.05, 0.1) is 36.9 Å². The van der Waals surface area contributed by atoms with Gasteiger partial charge in [0, 0.05) is 24.2 Å². The van der Waals surface area contributed by atoms with Gasteiger partial charge in [0.15, 0.2) is 11.5 Å². The Bertz CT molecular complexity index is 1460. The third-order valence-corrected chi connectivity index (χ3v) is 7.24. The second-order valence-corrected chi connectivity index (χ2v) is 9.66. The summed E-state index contributed by atoms with van der Waals surface area (Å²) in [5.41, 5.74) is 1.50. The molecule has 202 valence electrons. The van der Waals surface area contributed by atoms with Crippen molar-refractivity contribution >= 4 is 11.9 Å². The second kappa shape index (κ2) is 9.11. The van der Waals surface area contributed by atoms with Crippen molar-refractivity contribution in [3.05, 3.63) is 77.1 Å². The van der Waals surface area contributed by atoms with Gasteiger partial charge < -0.3 is 29.0 Å². The third-order valence-electron chi connectivity index (χ3n) is 7.24. The SMILES string of the molecule is COC(=O)c1ccc([C@H]2C[C@@H](C(=O)NC3(c4ccc5c(c4)OC(F)(F)O5)CC3)c3ccc(OC)cc3O2)nc1. The van der Waals surface area contributed by atoms with Gasteiger partial charge in [0.1, 0.15) is 17.6 Å². The van der Waals surface area contributed by atoms with E-state index in [0.717, 1.165) is 0 Å². The number of benzene rings is 2. The van der Waals surface area contributed by atoms with Gasteiger partial charge >= 0.3 is 12.3 Å². The Hall–Kier alpha value is -4.41. The van der Waals surface area contributed by atoms with Gasteiger partial charge in [0.2, 0.25) is 5.91 Å². The molecule has 1 fully saturated rings. The molecular formula is C28H24F2N2O7. The van der Waals surface area contributed by atoms with Crippen molar-refractivity contribution in [1.82, 2.24) is 10.3 Å². The molecule has 1 saturated carbocycles. The molecule has 1 aromatic heterocycles. The molecule has 0 unspecified atom stereocenters. The van der Waals surface area contributed by atoms with Crippen LogP contribution >= 0.6 is 0 Å². The second-order valence-electron chi connectivity index (χ2n) is 9.66. The molecule has 1 amide bonds. The van der Waals surface area contributed by atoms with Crippen LogP contribution < -0.4 is 24.3 Å². The lowest BCUT2D eigenvalue weighted by molar-refractivity contribution is -0.286. The number of nitrogens with one attached hydrogen (secondary N) is 1. The van der Waals surface area contributed by atoms with Crippen molar-refractivity contribution in [2.24, 2.45) is 0 Å².